The Bertz CT molecular complexity index is 626. The molecule has 0 radical (unpaired) electrons. The van der Waals surface area contributed by atoms with Crippen molar-refractivity contribution in [1.82, 2.24) is 4.98 Å². The van der Waals surface area contributed by atoms with Gasteiger partial charge in [-0.2, -0.15) is 0 Å². The highest BCUT2D eigenvalue weighted by molar-refractivity contribution is 6.39. The van der Waals surface area contributed by atoms with E-state index in [-0.39, 0.29) is 5.56 Å². The summed E-state index contributed by atoms with van der Waals surface area (Å²) in [5, 5.41) is 1.61. The van der Waals surface area contributed by atoms with Gasteiger partial charge in [0.15, 0.2) is 0 Å². The molecular formula is C13H11Cl2NO2. The molecule has 0 aliphatic carbocycles. The second-order valence-electron chi connectivity index (χ2n) is 3.77. The number of hydrogen-bond donors (Lipinski definition) is 0. The zero-order chi connectivity index (χ0) is 13.3. The first-order valence-corrected chi connectivity index (χ1v) is 6.22. The van der Waals surface area contributed by atoms with E-state index in [0.717, 1.165) is 5.56 Å². The van der Waals surface area contributed by atoms with Crippen LogP contribution in [-0.2, 0) is 4.74 Å². The minimum atomic E-state index is -0.476. The minimum absolute atomic E-state index is 0.261. The number of rotatable bonds is 2. The number of halogens is 2. The van der Waals surface area contributed by atoms with Crippen LogP contribution >= 0.6 is 23.2 Å². The van der Waals surface area contributed by atoms with Crippen molar-refractivity contribution in [1.29, 1.82) is 0 Å². The van der Waals surface area contributed by atoms with Crippen LogP contribution in [-0.4, -0.2) is 17.6 Å². The van der Waals surface area contributed by atoms with E-state index in [1.165, 1.54) is 6.20 Å². The number of nitrogens with zero attached hydrogens (tertiary/aromatic N) is 1. The molecular weight excluding hydrogens is 273 g/mol. The van der Waals surface area contributed by atoms with Gasteiger partial charge in [0.2, 0.25) is 0 Å². The van der Waals surface area contributed by atoms with E-state index < -0.39 is 5.97 Å². The summed E-state index contributed by atoms with van der Waals surface area (Å²) in [6.07, 6.45) is 1.43. The number of aryl methyl sites for hydroxylation is 1. The largest absolute Gasteiger partial charge is 0.462 e. The lowest BCUT2D eigenvalue weighted by Gasteiger charge is -2.09. The molecule has 5 heteroatoms. The first-order valence-electron chi connectivity index (χ1n) is 5.46. The Balaban J connectivity index is 2.70. The SMILES string of the molecule is CCOC(=O)c1cnc2ccc(Cl)c(C)c2c1Cl. The maximum absolute atomic E-state index is 11.7. The van der Waals surface area contributed by atoms with Crippen LogP contribution in [0.2, 0.25) is 10.0 Å². The van der Waals surface area contributed by atoms with E-state index in [1.807, 2.05) is 6.92 Å². The topological polar surface area (TPSA) is 39.2 Å². The highest BCUT2D eigenvalue weighted by atomic mass is 35.5. The van der Waals surface area contributed by atoms with Crippen molar-refractivity contribution in [2.45, 2.75) is 13.8 Å². The summed E-state index contributed by atoms with van der Waals surface area (Å²) >= 11 is 12.3. The Kier molecular flexibility index (Phi) is 3.73. The Morgan fingerprint density at radius 3 is 2.78 bits per heavy atom. The molecule has 0 fully saturated rings. The second-order valence-corrected chi connectivity index (χ2v) is 4.56. The summed E-state index contributed by atoms with van der Waals surface area (Å²) in [6.45, 7) is 3.87. The van der Waals surface area contributed by atoms with Gasteiger partial charge in [0, 0.05) is 16.6 Å². The van der Waals surface area contributed by atoms with Crippen molar-refractivity contribution in [2.75, 3.05) is 6.61 Å². The van der Waals surface area contributed by atoms with Crippen molar-refractivity contribution in [3.8, 4) is 0 Å². The van der Waals surface area contributed by atoms with Crippen molar-refractivity contribution < 1.29 is 9.53 Å². The molecule has 0 bridgehead atoms. The average Bonchev–Trinajstić information content (AvgIpc) is 2.34. The number of carbonyl (C=O) groups excluding carboxylic acids is 1. The third-order valence-corrected chi connectivity index (χ3v) is 3.46. The number of pyridine rings is 1. The standard InChI is InChI=1S/C13H11Cl2NO2/c1-3-18-13(17)8-6-16-10-5-4-9(14)7(2)11(10)12(8)15/h4-6H,3H2,1-2H3. The maximum Gasteiger partial charge on any atom is 0.341 e. The summed E-state index contributed by atoms with van der Waals surface area (Å²) < 4.78 is 4.93. The lowest BCUT2D eigenvalue weighted by Crippen LogP contribution is -2.06. The van der Waals surface area contributed by atoms with Gasteiger partial charge in [0.25, 0.3) is 0 Å². The Labute approximate surface area is 115 Å². The molecule has 0 saturated heterocycles. The van der Waals surface area contributed by atoms with Gasteiger partial charge in [0.1, 0.15) is 0 Å². The van der Waals surface area contributed by atoms with Gasteiger partial charge in [-0.1, -0.05) is 23.2 Å². The predicted octanol–water partition coefficient (Wildman–Crippen LogP) is 4.03. The molecule has 3 nitrogen and oxygen atoms in total. The number of benzene rings is 1. The van der Waals surface area contributed by atoms with Gasteiger partial charge in [-0.25, -0.2) is 4.79 Å². The van der Waals surface area contributed by atoms with Gasteiger partial charge in [0.05, 0.1) is 22.7 Å². The molecule has 0 N–H and O–H groups in total. The quantitative estimate of drug-likeness (QED) is 0.782. The molecule has 0 saturated carbocycles. The lowest BCUT2D eigenvalue weighted by molar-refractivity contribution is 0.0526. The van der Waals surface area contributed by atoms with E-state index in [0.29, 0.717) is 27.6 Å². The third-order valence-electron chi connectivity index (χ3n) is 2.66. The second kappa shape index (κ2) is 5.12. The Morgan fingerprint density at radius 1 is 1.39 bits per heavy atom. The summed E-state index contributed by atoms with van der Waals surface area (Å²) in [4.78, 5) is 15.9. The molecule has 1 heterocycles. The van der Waals surface area contributed by atoms with Crippen molar-refractivity contribution in [3.63, 3.8) is 0 Å². The van der Waals surface area contributed by atoms with E-state index in [9.17, 15) is 4.79 Å². The van der Waals surface area contributed by atoms with Crippen LogP contribution in [0.1, 0.15) is 22.8 Å². The fourth-order valence-electron chi connectivity index (χ4n) is 1.73. The van der Waals surface area contributed by atoms with E-state index in [4.69, 9.17) is 27.9 Å². The molecule has 0 atom stereocenters. The number of hydrogen-bond acceptors (Lipinski definition) is 3. The molecule has 1 aromatic carbocycles. The molecule has 2 aromatic rings. The third kappa shape index (κ3) is 2.16. The number of aromatic nitrogens is 1. The summed E-state index contributed by atoms with van der Waals surface area (Å²) in [7, 11) is 0. The normalized spacial score (nSPS) is 10.7. The smallest absolute Gasteiger partial charge is 0.341 e. The first-order chi connectivity index (χ1) is 8.56. The van der Waals surface area contributed by atoms with E-state index in [2.05, 4.69) is 4.98 Å². The fourth-order valence-corrected chi connectivity index (χ4v) is 2.26. The van der Waals surface area contributed by atoms with Crippen LogP contribution in [0, 0.1) is 6.92 Å². The fraction of sp³-hybridized carbons (Fsp3) is 0.231. The van der Waals surface area contributed by atoms with Crippen molar-refractivity contribution in [2.24, 2.45) is 0 Å². The number of ether oxygens (including phenoxy) is 1. The van der Waals surface area contributed by atoms with Crippen molar-refractivity contribution >= 4 is 40.1 Å². The van der Waals surface area contributed by atoms with Crippen LogP contribution in [0.3, 0.4) is 0 Å². The number of esters is 1. The van der Waals surface area contributed by atoms with Gasteiger partial charge < -0.3 is 4.74 Å². The highest BCUT2D eigenvalue weighted by Gasteiger charge is 2.17. The van der Waals surface area contributed by atoms with Crippen LogP contribution < -0.4 is 0 Å². The molecule has 1 aromatic heterocycles. The zero-order valence-electron chi connectivity index (χ0n) is 9.96. The molecule has 0 aliphatic rings. The Morgan fingerprint density at radius 2 is 2.11 bits per heavy atom. The molecule has 94 valence electrons. The maximum atomic E-state index is 11.7. The molecule has 2 rings (SSSR count). The van der Waals surface area contributed by atoms with Crippen LogP contribution in [0.15, 0.2) is 18.3 Å². The van der Waals surface area contributed by atoms with Crippen LogP contribution in [0.5, 0.6) is 0 Å². The van der Waals surface area contributed by atoms with Crippen molar-refractivity contribution in [3.05, 3.63) is 39.5 Å². The summed E-state index contributed by atoms with van der Waals surface area (Å²) in [5.41, 5.74) is 1.77. The molecule has 18 heavy (non-hydrogen) atoms. The molecule has 0 aliphatic heterocycles. The van der Waals surface area contributed by atoms with E-state index in [1.54, 1.807) is 19.1 Å². The van der Waals surface area contributed by atoms with Gasteiger partial charge in [-0.3, -0.25) is 4.98 Å². The lowest BCUT2D eigenvalue weighted by atomic mass is 10.1. The zero-order valence-corrected chi connectivity index (χ0v) is 11.5. The predicted molar refractivity (Wildman–Crippen MR) is 72.5 cm³/mol. The Hall–Kier alpha value is -1.32. The first kappa shape index (κ1) is 13.1. The molecule has 0 spiro atoms. The number of fused-ring (bicyclic) bond motifs is 1. The molecule has 0 amide bonds. The monoisotopic (exact) mass is 283 g/mol. The highest BCUT2D eigenvalue weighted by Crippen LogP contribution is 2.32. The molecule has 0 unspecified atom stereocenters. The number of carbonyl (C=O) groups is 1. The van der Waals surface area contributed by atoms with Crippen LogP contribution in [0.4, 0.5) is 0 Å². The minimum Gasteiger partial charge on any atom is -0.462 e. The van der Waals surface area contributed by atoms with Gasteiger partial charge in [-0.15, -0.1) is 0 Å². The summed E-state index contributed by atoms with van der Waals surface area (Å²) in [5.74, 6) is -0.476. The van der Waals surface area contributed by atoms with Crippen LogP contribution in [0.25, 0.3) is 10.9 Å². The van der Waals surface area contributed by atoms with E-state index >= 15 is 0 Å². The average molecular weight is 284 g/mol. The summed E-state index contributed by atoms with van der Waals surface area (Å²) in [6, 6.07) is 3.53. The van der Waals surface area contributed by atoms with Gasteiger partial charge >= 0.3 is 5.97 Å². The van der Waals surface area contributed by atoms with Gasteiger partial charge in [-0.05, 0) is 31.5 Å².